The molecule has 162 valence electrons. The van der Waals surface area contributed by atoms with E-state index in [1.165, 1.54) is 31.3 Å². The molecule has 2 aromatic carbocycles. The van der Waals surface area contributed by atoms with Gasteiger partial charge in [0.05, 0.1) is 18.2 Å². The summed E-state index contributed by atoms with van der Waals surface area (Å²) in [5.41, 5.74) is 6.76. The van der Waals surface area contributed by atoms with Crippen molar-refractivity contribution in [3.05, 3.63) is 82.9 Å². The molecular weight excluding hydrogens is 419 g/mol. The highest BCUT2D eigenvalue weighted by atomic mass is 32.2. The SMILES string of the molecule is Cc1cc(/C=N\NC(=O)c2ccc(N(C)S(C)(=O)=O)cc2)c(C)n1-c1ccc(F)cc1. The van der Waals surface area contributed by atoms with E-state index in [4.69, 9.17) is 0 Å². The van der Waals surface area contributed by atoms with Crippen molar-refractivity contribution in [2.45, 2.75) is 13.8 Å². The Balaban J connectivity index is 1.71. The molecule has 0 fully saturated rings. The van der Waals surface area contributed by atoms with Crippen LogP contribution in [-0.4, -0.2) is 38.4 Å². The van der Waals surface area contributed by atoms with Gasteiger partial charge in [-0.2, -0.15) is 5.10 Å². The minimum Gasteiger partial charge on any atom is -0.318 e. The van der Waals surface area contributed by atoms with Gasteiger partial charge >= 0.3 is 0 Å². The number of carbonyl (C=O) groups is 1. The Morgan fingerprint density at radius 3 is 2.29 bits per heavy atom. The molecule has 0 bridgehead atoms. The Hall–Kier alpha value is -3.46. The van der Waals surface area contributed by atoms with E-state index >= 15 is 0 Å². The summed E-state index contributed by atoms with van der Waals surface area (Å²) in [6.45, 7) is 3.85. The normalized spacial score (nSPS) is 11.6. The van der Waals surface area contributed by atoms with Crippen molar-refractivity contribution in [2.75, 3.05) is 17.6 Å². The Bertz CT molecular complexity index is 1230. The lowest BCUT2D eigenvalue weighted by molar-refractivity contribution is 0.0955. The first-order valence-electron chi connectivity index (χ1n) is 9.40. The summed E-state index contributed by atoms with van der Waals surface area (Å²) in [5, 5.41) is 4.03. The molecule has 0 radical (unpaired) electrons. The van der Waals surface area contributed by atoms with Crippen molar-refractivity contribution in [1.29, 1.82) is 0 Å². The average Bonchev–Trinajstić information content (AvgIpc) is 3.01. The van der Waals surface area contributed by atoms with Gasteiger partial charge in [0.2, 0.25) is 10.0 Å². The van der Waals surface area contributed by atoms with Gasteiger partial charge in [-0.25, -0.2) is 18.2 Å². The number of sulfonamides is 1. The van der Waals surface area contributed by atoms with E-state index in [1.807, 2.05) is 24.5 Å². The average molecular weight is 443 g/mol. The number of carbonyl (C=O) groups excluding carboxylic acids is 1. The zero-order valence-electron chi connectivity index (χ0n) is 17.6. The van der Waals surface area contributed by atoms with Crippen molar-refractivity contribution in [1.82, 2.24) is 9.99 Å². The molecule has 0 unspecified atom stereocenters. The maximum absolute atomic E-state index is 13.2. The van der Waals surface area contributed by atoms with Crippen LogP contribution in [0.5, 0.6) is 0 Å². The largest absolute Gasteiger partial charge is 0.318 e. The Morgan fingerprint density at radius 2 is 1.71 bits per heavy atom. The third-order valence-corrected chi connectivity index (χ3v) is 6.12. The zero-order chi connectivity index (χ0) is 22.8. The third kappa shape index (κ3) is 5.00. The van der Waals surface area contributed by atoms with E-state index in [9.17, 15) is 17.6 Å². The molecule has 9 heteroatoms. The summed E-state index contributed by atoms with van der Waals surface area (Å²) in [6.07, 6.45) is 2.65. The Kier molecular flexibility index (Phi) is 6.26. The monoisotopic (exact) mass is 442 g/mol. The van der Waals surface area contributed by atoms with Crippen LogP contribution in [0.4, 0.5) is 10.1 Å². The van der Waals surface area contributed by atoms with Gasteiger partial charge in [-0.15, -0.1) is 0 Å². The number of amides is 1. The van der Waals surface area contributed by atoms with Crippen molar-refractivity contribution < 1.29 is 17.6 Å². The summed E-state index contributed by atoms with van der Waals surface area (Å²) in [7, 11) is -1.93. The molecule has 0 spiro atoms. The second-order valence-electron chi connectivity index (χ2n) is 7.11. The molecule has 0 saturated heterocycles. The number of rotatable bonds is 6. The molecule has 7 nitrogen and oxygen atoms in total. The van der Waals surface area contributed by atoms with Crippen LogP contribution in [0.15, 0.2) is 59.7 Å². The maximum atomic E-state index is 13.2. The first-order valence-corrected chi connectivity index (χ1v) is 11.2. The summed E-state index contributed by atoms with van der Waals surface area (Å²) < 4.78 is 39.5. The number of nitrogens with zero attached hydrogens (tertiary/aromatic N) is 3. The fourth-order valence-corrected chi connectivity index (χ4v) is 3.65. The Labute approximate surface area is 180 Å². The second kappa shape index (κ2) is 8.73. The van der Waals surface area contributed by atoms with Gasteiger partial charge in [-0.1, -0.05) is 0 Å². The van der Waals surface area contributed by atoms with Gasteiger partial charge in [0.25, 0.3) is 5.91 Å². The molecule has 0 saturated carbocycles. The number of nitrogens with one attached hydrogen (secondary N) is 1. The molecule has 1 aromatic heterocycles. The molecule has 1 amide bonds. The number of anilines is 1. The van der Waals surface area contributed by atoms with E-state index in [0.29, 0.717) is 11.3 Å². The van der Waals surface area contributed by atoms with Crippen LogP contribution in [0, 0.1) is 19.7 Å². The fraction of sp³-hybridized carbons (Fsp3) is 0.182. The van der Waals surface area contributed by atoms with E-state index in [-0.39, 0.29) is 5.82 Å². The first kappa shape index (κ1) is 22.2. The van der Waals surface area contributed by atoms with Crippen LogP contribution >= 0.6 is 0 Å². The number of hydrogen-bond acceptors (Lipinski definition) is 4. The number of hydrogen-bond donors (Lipinski definition) is 1. The van der Waals surface area contributed by atoms with Gasteiger partial charge < -0.3 is 4.57 Å². The maximum Gasteiger partial charge on any atom is 0.271 e. The summed E-state index contributed by atoms with van der Waals surface area (Å²) in [5.74, 6) is -0.719. The number of aromatic nitrogens is 1. The lowest BCUT2D eigenvalue weighted by atomic mass is 10.2. The van der Waals surface area contributed by atoms with Crippen LogP contribution in [-0.2, 0) is 10.0 Å². The lowest BCUT2D eigenvalue weighted by Gasteiger charge is -2.16. The standard InChI is InChI=1S/C22H23FN4O3S/c1-15-13-18(16(2)27(15)21-11-7-19(23)8-12-21)14-24-25-22(28)17-5-9-20(10-6-17)26(3)31(4,29)30/h5-14H,1-4H3,(H,25,28)/b24-14-. The fourth-order valence-electron chi connectivity index (χ4n) is 3.15. The van der Waals surface area contributed by atoms with Crippen molar-refractivity contribution in [3.8, 4) is 5.69 Å². The highest BCUT2D eigenvalue weighted by Crippen LogP contribution is 2.20. The smallest absolute Gasteiger partial charge is 0.271 e. The van der Waals surface area contributed by atoms with Crippen LogP contribution < -0.4 is 9.73 Å². The van der Waals surface area contributed by atoms with Crippen LogP contribution in [0.2, 0.25) is 0 Å². The van der Waals surface area contributed by atoms with Crippen molar-refractivity contribution in [3.63, 3.8) is 0 Å². The van der Waals surface area contributed by atoms with Gasteiger partial charge in [0, 0.05) is 35.2 Å². The molecule has 0 aliphatic rings. The minimum absolute atomic E-state index is 0.299. The topological polar surface area (TPSA) is 83.8 Å². The van der Waals surface area contributed by atoms with Crippen molar-refractivity contribution >= 4 is 27.8 Å². The number of halogens is 1. The third-order valence-electron chi connectivity index (χ3n) is 4.92. The van der Waals surface area contributed by atoms with Crippen molar-refractivity contribution in [2.24, 2.45) is 5.10 Å². The molecule has 1 heterocycles. The molecule has 1 N–H and O–H groups in total. The minimum atomic E-state index is -3.37. The summed E-state index contributed by atoms with van der Waals surface area (Å²) >= 11 is 0. The molecule has 0 atom stereocenters. The van der Waals surface area contributed by atoms with Gasteiger partial charge in [-0.05, 0) is 68.4 Å². The van der Waals surface area contributed by atoms with Crippen LogP contribution in [0.3, 0.4) is 0 Å². The van der Waals surface area contributed by atoms with E-state index < -0.39 is 15.9 Å². The predicted molar refractivity (Wildman–Crippen MR) is 120 cm³/mol. The molecular formula is C22H23FN4O3S. The zero-order valence-corrected chi connectivity index (χ0v) is 18.4. The molecule has 3 rings (SSSR count). The predicted octanol–water partition coefficient (Wildman–Crippen LogP) is 3.39. The summed E-state index contributed by atoms with van der Waals surface area (Å²) in [4.78, 5) is 12.3. The van der Waals surface area contributed by atoms with Gasteiger partial charge in [0.15, 0.2) is 0 Å². The highest BCUT2D eigenvalue weighted by Gasteiger charge is 2.13. The quantitative estimate of drug-likeness (QED) is 0.469. The number of hydrazone groups is 1. The first-order chi connectivity index (χ1) is 14.6. The molecule has 31 heavy (non-hydrogen) atoms. The highest BCUT2D eigenvalue weighted by molar-refractivity contribution is 7.92. The number of benzene rings is 2. The lowest BCUT2D eigenvalue weighted by Crippen LogP contribution is -2.25. The van der Waals surface area contributed by atoms with Gasteiger partial charge in [-0.3, -0.25) is 9.10 Å². The molecule has 0 aliphatic carbocycles. The van der Waals surface area contributed by atoms with Crippen LogP contribution in [0.1, 0.15) is 27.3 Å². The molecule has 0 aliphatic heterocycles. The van der Waals surface area contributed by atoms with E-state index in [2.05, 4.69) is 10.5 Å². The van der Waals surface area contributed by atoms with E-state index in [1.54, 1.807) is 30.5 Å². The summed E-state index contributed by atoms with van der Waals surface area (Å²) in [6, 6.07) is 14.3. The second-order valence-corrected chi connectivity index (χ2v) is 9.13. The van der Waals surface area contributed by atoms with Gasteiger partial charge in [0.1, 0.15) is 5.82 Å². The molecule has 3 aromatic rings. The Morgan fingerprint density at radius 1 is 1.10 bits per heavy atom. The van der Waals surface area contributed by atoms with E-state index in [0.717, 1.165) is 33.2 Å². The van der Waals surface area contributed by atoms with Crippen LogP contribution in [0.25, 0.3) is 5.69 Å². The number of aryl methyl sites for hydroxylation is 1.